The number of hydrogen-bond donors (Lipinski definition) is 3. The van der Waals surface area contributed by atoms with E-state index in [4.69, 9.17) is 5.84 Å². The fourth-order valence-electron chi connectivity index (χ4n) is 1.04. The number of rotatable bonds is 3. The van der Waals surface area contributed by atoms with Crippen molar-refractivity contribution in [3.05, 3.63) is 29.8 Å². The van der Waals surface area contributed by atoms with Crippen LogP contribution >= 0.6 is 0 Å². The number of carbonyl (C=O) groups is 1. The molecule has 0 heterocycles. The van der Waals surface area contributed by atoms with Gasteiger partial charge in [0.1, 0.15) is 0 Å². The van der Waals surface area contributed by atoms with E-state index in [2.05, 4.69) is 10.7 Å². The summed E-state index contributed by atoms with van der Waals surface area (Å²) < 4.78 is 0. The summed E-state index contributed by atoms with van der Waals surface area (Å²) in [5.74, 6) is 5.23. The number of hydrazine groups is 1. The van der Waals surface area contributed by atoms with Gasteiger partial charge in [0.25, 0.3) is 0 Å². The third kappa shape index (κ3) is 2.76. The highest BCUT2D eigenvalue weighted by Gasteiger charge is 2.00. The Morgan fingerprint density at radius 2 is 2.31 bits per heavy atom. The normalized spacial score (nSPS) is 9.38. The van der Waals surface area contributed by atoms with Crippen LogP contribution < -0.4 is 16.6 Å². The summed E-state index contributed by atoms with van der Waals surface area (Å²) in [5, 5.41) is 2.56. The number of anilines is 1. The van der Waals surface area contributed by atoms with E-state index in [0.717, 1.165) is 11.3 Å². The van der Waals surface area contributed by atoms with Gasteiger partial charge in [-0.05, 0) is 17.7 Å². The maximum absolute atomic E-state index is 11.0. The molecule has 0 aliphatic heterocycles. The van der Waals surface area contributed by atoms with Crippen LogP contribution in [-0.2, 0) is 11.2 Å². The van der Waals surface area contributed by atoms with E-state index < -0.39 is 0 Å². The predicted octanol–water partition coefficient (Wildman–Crippen LogP) is 0.261. The standard InChI is InChI=1S/C9H13N3O/c1-11-9(13)6-7-3-2-4-8(5-7)12-10/h2-5,12H,6,10H2,1H3,(H,11,13). The first kappa shape index (κ1) is 9.54. The molecule has 4 N–H and O–H groups in total. The first-order valence-corrected chi connectivity index (χ1v) is 4.02. The zero-order chi connectivity index (χ0) is 9.68. The highest BCUT2D eigenvalue weighted by Crippen LogP contribution is 2.09. The van der Waals surface area contributed by atoms with Crippen LogP contribution in [0.25, 0.3) is 0 Å². The molecule has 70 valence electrons. The van der Waals surface area contributed by atoms with Crippen LogP contribution in [0.4, 0.5) is 5.69 Å². The van der Waals surface area contributed by atoms with Crippen LogP contribution in [0.5, 0.6) is 0 Å². The van der Waals surface area contributed by atoms with Crippen LogP contribution in [0.15, 0.2) is 24.3 Å². The fourth-order valence-corrected chi connectivity index (χ4v) is 1.04. The molecule has 0 bridgehead atoms. The molecule has 0 spiro atoms. The van der Waals surface area contributed by atoms with Crippen LogP contribution in [0.1, 0.15) is 5.56 Å². The lowest BCUT2D eigenvalue weighted by atomic mass is 10.1. The molecule has 0 aliphatic rings. The van der Waals surface area contributed by atoms with Crippen molar-refractivity contribution in [2.45, 2.75) is 6.42 Å². The van der Waals surface area contributed by atoms with E-state index in [1.165, 1.54) is 0 Å². The Balaban J connectivity index is 2.71. The van der Waals surface area contributed by atoms with Gasteiger partial charge in [-0.1, -0.05) is 12.1 Å². The molecular weight excluding hydrogens is 166 g/mol. The topological polar surface area (TPSA) is 67.2 Å². The third-order valence-corrected chi connectivity index (χ3v) is 1.74. The molecule has 0 radical (unpaired) electrons. The summed E-state index contributed by atoms with van der Waals surface area (Å²) in [7, 11) is 1.62. The van der Waals surface area contributed by atoms with E-state index in [9.17, 15) is 4.79 Å². The molecule has 0 atom stereocenters. The molecule has 0 aliphatic carbocycles. The molecule has 0 aromatic heterocycles. The molecule has 0 fully saturated rings. The Labute approximate surface area is 77.1 Å². The minimum Gasteiger partial charge on any atom is -0.359 e. The van der Waals surface area contributed by atoms with Gasteiger partial charge in [-0.2, -0.15) is 0 Å². The van der Waals surface area contributed by atoms with Crippen molar-refractivity contribution in [2.24, 2.45) is 5.84 Å². The van der Waals surface area contributed by atoms with Crippen molar-refractivity contribution in [1.29, 1.82) is 0 Å². The molecule has 1 aromatic carbocycles. The lowest BCUT2D eigenvalue weighted by molar-refractivity contribution is -0.119. The second-order valence-corrected chi connectivity index (χ2v) is 2.69. The molecule has 1 aromatic rings. The number of nitrogen functional groups attached to an aromatic ring is 1. The van der Waals surface area contributed by atoms with E-state index in [0.29, 0.717) is 6.42 Å². The predicted molar refractivity (Wildman–Crippen MR) is 52.0 cm³/mol. The van der Waals surface area contributed by atoms with Gasteiger partial charge in [-0.25, -0.2) is 0 Å². The maximum Gasteiger partial charge on any atom is 0.224 e. The third-order valence-electron chi connectivity index (χ3n) is 1.74. The molecule has 0 saturated carbocycles. The summed E-state index contributed by atoms with van der Waals surface area (Å²) in [6, 6.07) is 7.42. The molecule has 0 unspecified atom stereocenters. The van der Waals surface area contributed by atoms with Gasteiger partial charge in [-0.3, -0.25) is 10.6 Å². The van der Waals surface area contributed by atoms with Crippen LogP contribution in [0, 0.1) is 0 Å². The van der Waals surface area contributed by atoms with Gasteiger partial charge in [-0.15, -0.1) is 0 Å². The maximum atomic E-state index is 11.0. The second-order valence-electron chi connectivity index (χ2n) is 2.69. The largest absolute Gasteiger partial charge is 0.359 e. The monoisotopic (exact) mass is 179 g/mol. The number of amides is 1. The summed E-state index contributed by atoms with van der Waals surface area (Å²) in [6.45, 7) is 0. The van der Waals surface area contributed by atoms with Crippen molar-refractivity contribution in [3.63, 3.8) is 0 Å². The number of nitrogens with one attached hydrogen (secondary N) is 2. The summed E-state index contributed by atoms with van der Waals surface area (Å²) in [4.78, 5) is 11.0. The van der Waals surface area contributed by atoms with Crippen molar-refractivity contribution < 1.29 is 4.79 Å². The van der Waals surface area contributed by atoms with Crippen molar-refractivity contribution in [2.75, 3.05) is 12.5 Å². The highest BCUT2D eigenvalue weighted by atomic mass is 16.1. The van der Waals surface area contributed by atoms with E-state index in [1.807, 2.05) is 24.3 Å². The zero-order valence-corrected chi connectivity index (χ0v) is 7.50. The van der Waals surface area contributed by atoms with E-state index in [-0.39, 0.29) is 5.91 Å². The van der Waals surface area contributed by atoms with Gasteiger partial charge in [0.05, 0.1) is 6.42 Å². The number of benzene rings is 1. The number of nitrogens with two attached hydrogens (primary N) is 1. The van der Waals surface area contributed by atoms with Gasteiger partial charge in [0.2, 0.25) is 5.91 Å². The molecule has 0 saturated heterocycles. The Morgan fingerprint density at radius 1 is 1.54 bits per heavy atom. The summed E-state index contributed by atoms with van der Waals surface area (Å²) in [6.07, 6.45) is 0.381. The highest BCUT2D eigenvalue weighted by molar-refractivity contribution is 5.78. The smallest absolute Gasteiger partial charge is 0.224 e. The van der Waals surface area contributed by atoms with Gasteiger partial charge >= 0.3 is 0 Å². The molecule has 1 rings (SSSR count). The Morgan fingerprint density at radius 3 is 2.92 bits per heavy atom. The van der Waals surface area contributed by atoms with Crippen LogP contribution in [0.3, 0.4) is 0 Å². The Bertz CT molecular complexity index is 299. The molecule has 4 nitrogen and oxygen atoms in total. The average molecular weight is 179 g/mol. The van der Waals surface area contributed by atoms with Crippen LogP contribution in [-0.4, -0.2) is 13.0 Å². The quantitative estimate of drug-likeness (QED) is 0.460. The number of likely N-dealkylation sites (N-methyl/N-ethyl adjacent to an activating group) is 1. The van der Waals surface area contributed by atoms with Gasteiger partial charge < -0.3 is 10.7 Å². The zero-order valence-electron chi connectivity index (χ0n) is 7.50. The molecule has 1 amide bonds. The van der Waals surface area contributed by atoms with Crippen LogP contribution in [0.2, 0.25) is 0 Å². The average Bonchev–Trinajstić information content (AvgIpc) is 2.18. The van der Waals surface area contributed by atoms with Crippen molar-refractivity contribution in [1.82, 2.24) is 5.32 Å². The fraction of sp³-hybridized carbons (Fsp3) is 0.222. The molecular formula is C9H13N3O. The number of carbonyl (C=O) groups excluding carboxylic acids is 1. The van der Waals surface area contributed by atoms with Crippen molar-refractivity contribution in [3.8, 4) is 0 Å². The first-order chi connectivity index (χ1) is 6.26. The first-order valence-electron chi connectivity index (χ1n) is 4.02. The second kappa shape index (κ2) is 4.47. The Kier molecular flexibility index (Phi) is 3.28. The van der Waals surface area contributed by atoms with E-state index >= 15 is 0 Å². The minimum absolute atomic E-state index is 0.00540. The lowest BCUT2D eigenvalue weighted by Gasteiger charge is -2.03. The van der Waals surface area contributed by atoms with E-state index in [1.54, 1.807) is 7.05 Å². The minimum atomic E-state index is -0.00540. The van der Waals surface area contributed by atoms with Gasteiger partial charge in [0, 0.05) is 12.7 Å². The SMILES string of the molecule is CNC(=O)Cc1cccc(NN)c1. The summed E-state index contributed by atoms with van der Waals surface area (Å²) >= 11 is 0. The molecule has 4 heteroatoms. The lowest BCUT2D eigenvalue weighted by Crippen LogP contribution is -2.20. The Hall–Kier alpha value is -1.55. The van der Waals surface area contributed by atoms with Crippen molar-refractivity contribution >= 4 is 11.6 Å². The van der Waals surface area contributed by atoms with Gasteiger partial charge in [0.15, 0.2) is 0 Å². The number of hydrogen-bond acceptors (Lipinski definition) is 3. The molecule has 13 heavy (non-hydrogen) atoms. The summed E-state index contributed by atoms with van der Waals surface area (Å²) in [5.41, 5.74) is 4.27.